The van der Waals surface area contributed by atoms with Crippen LogP contribution >= 0.6 is 11.8 Å². The third-order valence-electron chi connectivity index (χ3n) is 7.11. The second-order valence-electron chi connectivity index (χ2n) is 9.46. The van der Waals surface area contributed by atoms with E-state index in [4.69, 9.17) is 0 Å². The Morgan fingerprint density at radius 2 is 1.74 bits per heavy atom. The Kier molecular flexibility index (Phi) is 7.24. The van der Waals surface area contributed by atoms with Gasteiger partial charge in [0.05, 0.1) is 11.8 Å². The number of thioether (sulfide) groups is 1. The quantitative estimate of drug-likeness (QED) is 0.433. The molecule has 0 bridgehead atoms. The minimum absolute atomic E-state index is 0.00113. The Labute approximate surface area is 212 Å². The molecule has 35 heavy (non-hydrogen) atoms. The van der Waals surface area contributed by atoms with E-state index in [9.17, 15) is 9.59 Å². The van der Waals surface area contributed by atoms with Gasteiger partial charge in [-0.15, -0.1) is 11.8 Å². The average Bonchev–Trinajstić information content (AvgIpc) is 3.27. The third-order valence-corrected chi connectivity index (χ3v) is 8.37. The summed E-state index contributed by atoms with van der Waals surface area (Å²) in [5.41, 5.74) is 6.91. The lowest BCUT2D eigenvalue weighted by Gasteiger charge is -2.24. The molecule has 3 aromatic rings. The Morgan fingerprint density at radius 3 is 2.49 bits per heavy atom. The van der Waals surface area contributed by atoms with Gasteiger partial charge in [0.15, 0.2) is 0 Å². The Hall–Kier alpha value is -3.05. The fourth-order valence-electron chi connectivity index (χ4n) is 5.11. The Bertz CT molecular complexity index is 1190. The topological polar surface area (TPSA) is 49.4 Å². The van der Waals surface area contributed by atoms with E-state index in [1.165, 1.54) is 36.0 Å². The normalized spacial score (nSPS) is 18.3. The van der Waals surface area contributed by atoms with Gasteiger partial charge >= 0.3 is 0 Å². The first-order valence-corrected chi connectivity index (χ1v) is 13.6. The molecule has 0 unspecified atom stereocenters. The molecule has 1 heterocycles. The van der Waals surface area contributed by atoms with Crippen molar-refractivity contribution in [2.24, 2.45) is 0 Å². The molecular weight excluding hydrogens is 452 g/mol. The molecule has 180 valence electrons. The van der Waals surface area contributed by atoms with E-state index in [1.807, 2.05) is 59.5 Å². The number of hydrogen-bond donors (Lipinski definition) is 1. The molecule has 5 rings (SSSR count). The lowest BCUT2D eigenvalue weighted by molar-refractivity contribution is -0.128. The molecule has 2 aliphatic rings. The standard InChI is InChI=1S/C30H32N2O2S/c1-2-27(26-17-12-22-10-6-7-11-25(22)18-26)31-29(34)23-13-15-24(16-14-23)30-32(28(33)20-35-30)19-21-8-4-3-5-9-21/h3-5,8-9,12-18,27,30H,2,6-7,10-11,19-20H2,1H3,(H,31,34)/t27-,30-/m0/s1. The summed E-state index contributed by atoms with van der Waals surface area (Å²) in [6.45, 7) is 2.71. The number of aryl methyl sites for hydroxylation is 2. The van der Waals surface area contributed by atoms with Gasteiger partial charge in [-0.05, 0) is 72.1 Å². The molecule has 2 amide bonds. The van der Waals surface area contributed by atoms with Gasteiger partial charge < -0.3 is 10.2 Å². The average molecular weight is 485 g/mol. The number of amides is 2. The summed E-state index contributed by atoms with van der Waals surface area (Å²) < 4.78 is 0. The SMILES string of the molecule is CC[C@H](NC(=O)c1ccc([C@@H]2SCC(=O)N2Cc2ccccc2)cc1)c1ccc2c(c1)CCCC2. The van der Waals surface area contributed by atoms with Crippen molar-refractivity contribution in [2.45, 2.75) is 57.0 Å². The predicted molar refractivity (Wildman–Crippen MR) is 142 cm³/mol. The number of benzene rings is 3. The number of nitrogens with zero attached hydrogens (tertiary/aromatic N) is 1. The molecule has 1 fully saturated rings. The Balaban J connectivity index is 1.27. The molecule has 5 heteroatoms. The van der Waals surface area contributed by atoms with Gasteiger partial charge in [-0.2, -0.15) is 0 Å². The summed E-state index contributed by atoms with van der Waals surface area (Å²) in [5, 5.41) is 3.21. The highest BCUT2D eigenvalue weighted by molar-refractivity contribution is 8.00. The van der Waals surface area contributed by atoms with Crippen LogP contribution in [0.3, 0.4) is 0 Å². The maximum absolute atomic E-state index is 13.1. The van der Waals surface area contributed by atoms with Crippen LogP contribution in [-0.4, -0.2) is 22.5 Å². The summed E-state index contributed by atoms with van der Waals surface area (Å²) in [5.74, 6) is 0.581. The van der Waals surface area contributed by atoms with Crippen LogP contribution in [0.4, 0.5) is 0 Å². The highest BCUT2D eigenvalue weighted by Gasteiger charge is 2.32. The molecule has 4 nitrogen and oxygen atoms in total. The molecule has 0 spiro atoms. The van der Waals surface area contributed by atoms with E-state index in [2.05, 4.69) is 30.4 Å². The van der Waals surface area contributed by atoms with Crippen molar-refractivity contribution in [2.75, 3.05) is 5.75 Å². The van der Waals surface area contributed by atoms with Crippen molar-refractivity contribution in [3.05, 3.63) is 106 Å². The minimum atomic E-state index is -0.0580. The first-order chi connectivity index (χ1) is 17.1. The fraction of sp³-hybridized carbons (Fsp3) is 0.333. The van der Waals surface area contributed by atoms with Crippen LogP contribution in [0, 0.1) is 0 Å². The third kappa shape index (κ3) is 5.30. The summed E-state index contributed by atoms with van der Waals surface area (Å²) >= 11 is 1.64. The number of carbonyl (C=O) groups excluding carboxylic acids is 2. The molecule has 0 saturated carbocycles. The van der Waals surface area contributed by atoms with Gasteiger partial charge in [0.1, 0.15) is 5.37 Å². The second-order valence-corrected chi connectivity index (χ2v) is 10.5. The lowest BCUT2D eigenvalue weighted by Crippen LogP contribution is -2.29. The van der Waals surface area contributed by atoms with Crippen LogP contribution in [0.2, 0.25) is 0 Å². The fourth-order valence-corrected chi connectivity index (χ4v) is 6.30. The number of carbonyl (C=O) groups is 2. The van der Waals surface area contributed by atoms with Crippen LogP contribution < -0.4 is 5.32 Å². The molecule has 3 aromatic carbocycles. The van der Waals surface area contributed by atoms with E-state index in [1.54, 1.807) is 11.8 Å². The van der Waals surface area contributed by atoms with Crippen molar-refractivity contribution < 1.29 is 9.59 Å². The van der Waals surface area contributed by atoms with E-state index >= 15 is 0 Å². The van der Waals surface area contributed by atoms with Gasteiger partial charge in [0, 0.05) is 12.1 Å². The highest BCUT2D eigenvalue weighted by Crippen LogP contribution is 2.39. The first-order valence-electron chi connectivity index (χ1n) is 12.6. The summed E-state index contributed by atoms with van der Waals surface area (Å²) in [6, 6.07) is 24.5. The van der Waals surface area contributed by atoms with Crippen molar-refractivity contribution in [1.29, 1.82) is 0 Å². The molecule has 2 atom stereocenters. The number of fused-ring (bicyclic) bond motifs is 1. The number of nitrogens with one attached hydrogen (secondary N) is 1. The van der Waals surface area contributed by atoms with Gasteiger partial charge in [-0.3, -0.25) is 9.59 Å². The van der Waals surface area contributed by atoms with Gasteiger partial charge in [-0.1, -0.05) is 67.6 Å². The molecule has 1 aliphatic carbocycles. The molecule has 0 aromatic heterocycles. The van der Waals surface area contributed by atoms with Gasteiger partial charge in [0.2, 0.25) is 5.91 Å². The second kappa shape index (κ2) is 10.7. The van der Waals surface area contributed by atoms with Crippen LogP contribution in [0.15, 0.2) is 72.8 Å². The molecular formula is C30H32N2O2S. The number of hydrogen-bond acceptors (Lipinski definition) is 3. The smallest absolute Gasteiger partial charge is 0.251 e. The predicted octanol–water partition coefficient (Wildman–Crippen LogP) is 6.22. The van der Waals surface area contributed by atoms with Crippen LogP contribution in [0.25, 0.3) is 0 Å². The van der Waals surface area contributed by atoms with Crippen molar-refractivity contribution in [3.63, 3.8) is 0 Å². The maximum Gasteiger partial charge on any atom is 0.251 e. The summed E-state index contributed by atoms with van der Waals surface area (Å²) in [6.07, 6.45) is 5.67. The maximum atomic E-state index is 13.1. The van der Waals surface area contributed by atoms with Crippen LogP contribution in [-0.2, 0) is 24.2 Å². The molecule has 1 saturated heterocycles. The van der Waals surface area contributed by atoms with E-state index in [0.717, 1.165) is 24.0 Å². The Morgan fingerprint density at radius 1 is 1.00 bits per heavy atom. The summed E-state index contributed by atoms with van der Waals surface area (Å²) in [7, 11) is 0. The zero-order valence-electron chi connectivity index (χ0n) is 20.2. The van der Waals surface area contributed by atoms with Crippen molar-refractivity contribution in [3.8, 4) is 0 Å². The van der Waals surface area contributed by atoms with Crippen LogP contribution in [0.5, 0.6) is 0 Å². The molecule has 1 N–H and O–H groups in total. The van der Waals surface area contributed by atoms with E-state index in [0.29, 0.717) is 17.9 Å². The zero-order valence-corrected chi connectivity index (χ0v) is 21.0. The van der Waals surface area contributed by atoms with Crippen LogP contribution in [0.1, 0.15) is 75.8 Å². The largest absolute Gasteiger partial charge is 0.345 e. The summed E-state index contributed by atoms with van der Waals surface area (Å²) in [4.78, 5) is 27.6. The molecule has 1 aliphatic heterocycles. The number of rotatable bonds is 7. The zero-order chi connectivity index (χ0) is 24.2. The monoisotopic (exact) mass is 484 g/mol. The molecule has 0 radical (unpaired) electrons. The van der Waals surface area contributed by atoms with E-state index in [-0.39, 0.29) is 23.2 Å². The lowest BCUT2D eigenvalue weighted by atomic mass is 9.88. The van der Waals surface area contributed by atoms with E-state index < -0.39 is 0 Å². The van der Waals surface area contributed by atoms with Gasteiger partial charge in [-0.25, -0.2) is 0 Å². The minimum Gasteiger partial charge on any atom is -0.345 e. The first kappa shape index (κ1) is 23.7. The van der Waals surface area contributed by atoms with Crippen molar-refractivity contribution >= 4 is 23.6 Å². The van der Waals surface area contributed by atoms with Gasteiger partial charge in [0.25, 0.3) is 5.91 Å². The highest BCUT2D eigenvalue weighted by atomic mass is 32.2. The van der Waals surface area contributed by atoms with Crippen molar-refractivity contribution in [1.82, 2.24) is 10.2 Å².